The van der Waals surface area contributed by atoms with Gasteiger partial charge in [-0.1, -0.05) is 19.4 Å². The van der Waals surface area contributed by atoms with E-state index in [1.807, 2.05) is 26.8 Å². The van der Waals surface area contributed by atoms with Crippen molar-refractivity contribution in [3.8, 4) is 5.88 Å². The van der Waals surface area contributed by atoms with Crippen LogP contribution in [0.3, 0.4) is 0 Å². The topological polar surface area (TPSA) is 60.5 Å². The maximum Gasteiger partial charge on any atom is 0.331 e. The molecular formula is C14H22N2O3. The van der Waals surface area contributed by atoms with Gasteiger partial charge in [-0.25, -0.2) is 4.79 Å². The van der Waals surface area contributed by atoms with Gasteiger partial charge in [0.15, 0.2) is 0 Å². The third kappa shape index (κ3) is 4.12. The number of hydrogen-bond donors (Lipinski definition) is 1. The number of rotatable bonds is 7. The lowest BCUT2D eigenvalue weighted by molar-refractivity contribution is -0.145. The lowest BCUT2D eigenvalue weighted by Crippen LogP contribution is -2.44. The molecule has 5 heteroatoms. The summed E-state index contributed by atoms with van der Waals surface area (Å²) < 4.78 is 10.2. The maximum atomic E-state index is 11.9. The highest BCUT2D eigenvalue weighted by molar-refractivity contribution is 5.83. The van der Waals surface area contributed by atoms with Gasteiger partial charge in [-0.3, -0.25) is 0 Å². The molecule has 1 aromatic heterocycles. The molecule has 0 fully saturated rings. The number of carbonyl (C=O) groups is 1. The van der Waals surface area contributed by atoms with Crippen molar-refractivity contribution in [3.05, 3.63) is 18.2 Å². The Morgan fingerprint density at radius 1 is 1.42 bits per heavy atom. The highest BCUT2D eigenvalue weighted by Gasteiger charge is 2.33. The van der Waals surface area contributed by atoms with Crippen LogP contribution < -0.4 is 10.1 Å². The summed E-state index contributed by atoms with van der Waals surface area (Å²) in [5, 5.41) is 3.14. The fraction of sp³-hybridized carbons (Fsp3) is 0.571. The van der Waals surface area contributed by atoms with Gasteiger partial charge >= 0.3 is 5.97 Å². The summed E-state index contributed by atoms with van der Waals surface area (Å²) in [7, 11) is 1.39. The fourth-order valence-electron chi connectivity index (χ4n) is 1.94. The van der Waals surface area contributed by atoms with Crippen molar-refractivity contribution < 1.29 is 14.3 Å². The van der Waals surface area contributed by atoms with Crippen LogP contribution >= 0.6 is 0 Å². The minimum Gasteiger partial charge on any atom is -0.478 e. The van der Waals surface area contributed by atoms with Gasteiger partial charge in [-0.15, -0.1) is 0 Å². The normalized spacial score (nSPS) is 13.5. The van der Waals surface area contributed by atoms with Gasteiger partial charge in [0.2, 0.25) is 5.88 Å². The molecule has 1 atom stereocenters. The first-order valence-electron chi connectivity index (χ1n) is 6.52. The molecule has 0 saturated carbocycles. The Balaban J connectivity index is 2.90. The summed E-state index contributed by atoms with van der Waals surface area (Å²) in [5.41, 5.74) is -0.776. The molecule has 0 aromatic carbocycles. The summed E-state index contributed by atoms with van der Waals surface area (Å²) in [6.45, 7) is 6.29. The zero-order valence-electron chi connectivity index (χ0n) is 12.0. The van der Waals surface area contributed by atoms with Crippen molar-refractivity contribution in [1.82, 2.24) is 4.98 Å². The molecule has 0 aliphatic rings. The van der Waals surface area contributed by atoms with Crippen LogP contribution in [0.1, 0.15) is 33.6 Å². The summed E-state index contributed by atoms with van der Waals surface area (Å²) in [6.07, 6.45) is 1.53. The molecule has 1 unspecified atom stereocenters. The van der Waals surface area contributed by atoms with Crippen LogP contribution in [0.4, 0.5) is 5.82 Å². The van der Waals surface area contributed by atoms with Crippen LogP contribution in [0.15, 0.2) is 18.2 Å². The second kappa shape index (κ2) is 6.97. The van der Waals surface area contributed by atoms with Crippen LogP contribution in [0, 0.1) is 0 Å². The number of ether oxygens (including phenoxy) is 2. The molecule has 0 saturated heterocycles. The summed E-state index contributed by atoms with van der Waals surface area (Å²) >= 11 is 0. The van der Waals surface area contributed by atoms with Crippen LogP contribution in [0.5, 0.6) is 5.88 Å². The van der Waals surface area contributed by atoms with E-state index in [9.17, 15) is 4.79 Å². The Morgan fingerprint density at radius 3 is 2.74 bits per heavy atom. The van der Waals surface area contributed by atoms with Gasteiger partial charge in [0, 0.05) is 6.07 Å². The largest absolute Gasteiger partial charge is 0.478 e. The van der Waals surface area contributed by atoms with Gasteiger partial charge in [-0.05, 0) is 26.3 Å². The summed E-state index contributed by atoms with van der Waals surface area (Å²) in [5.74, 6) is 0.849. The van der Waals surface area contributed by atoms with Gasteiger partial charge < -0.3 is 14.8 Å². The molecule has 0 spiro atoms. The Bertz CT molecular complexity index is 423. The molecule has 0 radical (unpaired) electrons. The molecule has 0 aliphatic carbocycles. The number of anilines is 1. The minimum atomic E-state index is -0.776. The number of pyridine rings is 1. The van der Waals surface area contributed by atoms with Crippen molar-refractivity contribution in [2.75, 3.05) is 19.0 Å². The molecule has 1 N–H and O–H groups in total. The van der Waals surface area contributed by atoms with Gasteiger partial charge in [0.05, 0.1) is 13.7 Å². The first-order valence-corrected chi connectivity index (χ1v) is 6.52. The van der Waals surface area contributed by atoms with Crippen molar-refractivity contribution in [2.24, 2.45) is 0 Å². The molecule has 0 aliphatic heterocycles. The lowest BCUT2D eigenvalue weighted by atomic mass is 9.96. The predicted octanol–water partition coefficient (Wildman–Crippen LogP) is 2.62. The smallest absolute Gasteiger partial charge is 0.331 e. The molecule has 5 nitrogen and oxygen atoms in total. The average Bonchev–Trinajstić information content (AvgIpc) is 2.38. The average molecular weight is 266 g/mol. The van der Waals surface area contributed by atoms with Crippen molar-refractivity contribution in [3.63, 3.8) is 0 Å². The monoisotopic (exact) mass is 266 g/mol. The number of methoxy groups -OCH3 is 1. The lowest BCUT2D eigenvalue weighted by Gasteiger charge is -2.28. The number of aromatic nitrogens is 1. The van der Waals surface area contributed by atoms with Gasteiger partial charge in [0.25, 0.3) is 0 Å². The number of hydrogen-bond acceptors (Lipinski definition) is 5. The predicted molar refractivity (Wildman–Crippen MR) is 74.4 cm³/mol. The molecule has 106 valence electrons. The quantitative estimate of drug-likeness (QED) is 0.769. The Morgan fingerprint density at radius 2 is 2.16 bits per heavy atom. The van der Waals surface area contributed by atoms with E-state index in [0.29, 0.717) is 24.7 Å². The van der Waals surface area contributed by atoms with E-state index < -0.39 is 5.54 Å². The zero-order valence-corrected chi connectivity index (χ0v) is 12.0. The number of nitrogens with zero attached hydrogens (tertiary/aromatic N) is 1. The zero-order chi connectivity index (χ0) is 14.3. The molecule has 19 heavy (non-hydrogen) atoms. The van der Waals surface area contributed by atoms with Crippen molar-refractivity contribution in [1.29, 1.82) is 0 Å². The van der Waals surface area contributed by atoms with Gasteiger partial charge in [0.1, 0.15) is 11.4 Å². The maximum absolute atomic E-state index is 11.9. The first kappa shape index (κ1) is 15.3. The fourth-order valence-corrected chi connectivity index (χ4v) is 1.94. The van der Waals surface area contributed by atoms with Crippen molar-refractivity contribution in [2.45, 2.75) is 39.2 Å². The molecule has 1 rings (SSSR count). The molecule has 1 heterocycles. The Hall–Kier alpha value is -1.78. The third-order valence-corrected chi connectivity index (χ3v) is 2.81. The van der Waals surface area contributed by atoms with Crippen LogP contribution in [-0.2, 0) is 9.53 Å². The highest BCUT2D eigenvalue weighted by atomic mass is 16.5. The number of carbonyl (C=O) groups excluding carboxylic acids is 1. The molecule has 0 amide bonds. The summed E-state index contributed by atoms with van der Waals surface area (Å²) in [6, 6.07) is 5.42. The number of esters is 1. The molecular weight excluding hydrogens is 244 g/mol. The molecule has 1 aromatic rings. The third-order valence-electron chi connectivity index (χ3n) is 2.81. The minimum absolute atomic E-state index is 0.294. The van der Waals surface area contributed by atoms with Crippen LogP contribution in [0.25, 0.3) is 0 Å². The van der Waals surface area contributed by atoms with Crippen LogP contribution in [0.2, 0.25) is 0 Å². The Labute approximate surface area is 114 Å². The van der Waals surface area contributed by atoms with Crippen LogP contribution in [-0.4, -0.2) is 30.2 Å². The SMILES string of the molecule is CCCC(C)(Nc1cccc(OCC)n1)C(=O)OC. The van der Waals surface area contributed by atoms with E-state index in [2.05, 4.69) is 10.3 Å². The Kier molecular flexibility index (Phi) is 5.60. The second-order valence-electron chi connectivity index (χ2n) is 4.49. The van der Waals surface area contributed by atoms with E-state index >= 15 is 0 Å². The van der Waals surface area contributed by atoms with E-state index in [-0.39, 0.29) is 5.97 Å². The highest BCUT2D eigenvalue weighted by Crippen LogP contribution is 2.21. The summed E-state index contributed by atoms with van der Waals surface area (Å²) in [4.78, 5) is 16.2. The van der Waals surface area contributed by atoms with E-state index in [0.717, 1.165) is 6.42 Å². The number of nitrogens with one attached hydrogen (secondary N) is 1. The van der Waals surface area contributed by atoms with E-state index in [1.54, 1.807) is 12.1 Å². The van der Waals surface area contributed by atoms with E-state index in [4.69, 9.17) is 9.47 Å². The van der Waals surface area contributed by atoms with Gasteiger partial charge in [-0.2, -0.15) is 4.98 Å². The molecule has 0 bridgehead atoms. The second-order valence-corrected chi connectivity index (χ2v) is 4.49. The first-order chi connectivity index (χ1) is 9.05. The van der Waals surface area contributed by atoms with Crippen molar-refractivity contribution >= 4 is 11.8 Å². The standard InChI is InChI=1S/C14H22N2O3/c1-5-10-14(3,13(17)18-4)16-11-8-7-9-12(15-11)19-6-2/h7-9H,5-6,10H2,1-4H3,(H,15,16). The van der Waals surface area contributed by atoms with E-state index in [1.165, 1.54) is 7.11 Å².